The molecular weight excluding hydrogens is 252 g/mol. The SMILES string of the molecule is CCCNc1cc(NCC2CC(O)C2)nc(C(C)C)n1. The predicted molar refractivity (Wildman–Crippen MR) is 82.1 cm³/mol. The number of aliphatic hydroxyl groups is 1. The van der Waals surface area contributed by atoms with Crippen LogP contribution in [0.25, 0.3) is 0 Å². The van der Waals surface area contributed by atoms with Crippen LogP contribution in [-0.2, 0) is 0 Å². The third-order valence-electron chi connectivity index (χ3n) is 3.60. The highest BCUT2D eigenvalue weighted by Crippen LogP contribution is 2.27. The molecule has 112 valence electrons. The fourth-order valence-corrected chi connectivity index (χ4v) is 2.27. The lowest BCUT2D eigenvalue weighted by molar-refractivity contribution is 0.0486. The minimum atomic E-state index is -0.0970. The van der Waals surface area contributed by atoms with Crippen LogP contribution in [0.5, 0.6) is 0 Å². The van der Waals surface area contributed by atoms with Gasteiger partial charge in [0.2, 0.25) is 0 Å². The standard InChI is InChI=1S/C15H26N4O/c1-4-5-16-13-8-14(19-15(18-13)10(2)3)17-9-11-6-12(20)7-11/h8,10-12,20H,4-7,9H2,1-3H3,(H2,16,17,18,19). The third-order valence-corrected chi connectivity index (χ3v) is 3.60. The number of nitrogens with zero attached hydrogens (tertiary/aromatic N) is 2. The molecule has 0 atom stereocenters. The zero-order valence-electron chi connectivity index (χ0n) is 12.7. The molecular formula is C15H26N4O. The molecule has 0 spiro atoms. The number of aromatic nitrogens is 2. The Labute approximate surface area is 121 Å². The van der Waals surface area contributed by atoms with Crippen molar-refractivity contribution < 1.29 is 5.11 Å². The van der Waals surface area contributed by atoms with Crippen LogP contribution in [0.1, 0.15) is 51.8 Å². The molecule has 1 aliphatic rings. The lowest BCUT2D eigenvalue weighted by Gasteiger charge is -2.31. The Bertz CT molecular complexity index is 430. The van der Waals surface area contributed by atoms with Gasteiger partial charge in [-0.05, 0) is 25.2 Å². The summed E-state index contributed by atoms with van der Waals surface area (Å²) in [5.74, 6) is 3.51. The van der Waals surface area contributed by atoms with E-state index in [2.05, 4.69) is 41.4 Å². The van der Waals surface area contributed by atoms with E-state index < -0.39 is 0 Å². The molecule has 20 heavy (non-hydrogen) atoms. The Morgan fingerprint density at radius 2 is 1.90 bits per heavy atom. The van der Waals surface area contributed by atoms with E-state index in [-0.39, 0.29) is 6.10 Å². The maximum atomic E-state index is 9.31. The van der Waals surface area contributed by atoms with Crippen molar-refractivity contribution in [1.82, 2.24) is 9.97 Å². The van der Waals surface area contributed by atoms with Crippen molar-refractivity contribution in [2.45, 2.75) is 52.1 Å². The second kappa shape index (κ2) is 6.88. The topological polar surface area (TPSA) is 70.1 Å². The van der Waals surface area contributed by atoms with Gasteiger partial charge in [0, 0.05) is 25.1 Å². The zero-order chi connectivity index (χ0) is 14.5. The van der Waals surface area contributed by atoms with E-state index in [0.29, 0.717) is 11.8 Å². The first-order valence-corrected chi connectivity index (χ1v) is 7.63. The summed E-state index contributed by atoms with van der Waals surface area (Å²) in [5.41, 5.74) is 0. The van der Waals surface area contributed by atoms with Gasteiger partial charge in [0.25, 0.3) is 0 Å². The van der Waals surface area contributed by atoms with Gasteiger partial charge >= 0.3 is 0 Å². The summed E-state index contributed by atoms with van der Waals surface area (Å²) in [6.45, 7) is 8.14. The lowest BCUT2D eigenvalue weighted by atomic mass is 9.82. The zero-order valence-corrected chi connectivity index (χ0v) is 12.7. The van der Waals surface area contributed by atoms with E-state index in [0.717, 1.165) is 49.8 Å². The summed E-state index contributed by atoms with van der Waals surface area (Å²) in [6, 6.07) is 1.97. The average molecular weight is 278 g/mol. The molecule has 0 bridgehead atoms. The normalized spacial score (nSPS) is 21.6. The maximum Gasteiger partial charge on any atom is 0.135 e. The molecule has 5 heteroatoms. The monoisotopic (exact) mass is 278 g/mol. The molecule has 0 aromatic carbocycles. The Balaban J connectivity index is 1.99. The van der Waals surface area contributed by atoms with Gasteiger partial charge in [-0.2, -0.15) is 0 Å². The summed E-state index contributed by atoms with van der Waals surface area (Å²) in [4.78, 5) is 9.11. The van der Waals surface area contributed by atoms with Crippen molar-refractivity contribution in [3.05, 3.63) is 11.9 Å². The first-order chi connectivity index (χ1) is 9.58. The number of rotatable bonds is 7. The number of aliphatic hydroxyl groups excluding tert-OH is 1. The van der Waals surface area contributed by atoms with E-state index in [4.69, 9.17) is 0 Å². The molecule has 1 aromatic heterocycles. The molecule has 0 saturated heterocycles. The van der Waals surface area contributed by atoms with Crippen molar-refractivity contribution in [1.29, 1.82) is 0 Å². The highest BCUT2D eigenvalue weighted by molar-refractivity contribution is 5.48. The number of hydrogen-bond donors (Lipinski definition) is 3. The average Bonchev–Trinajstić information content (AvgIpc) is 2.39. The second-order valence-corrected chi connectivity index (χ2v) is 5.95. The first kappa shape index (κ1) is 15.0. The highest BCUT2D eigenvalue weighted by Gasteiger charge is 2.26. The predicted octanol–water partition coefficient (Wildman–Crippen LogP) is 2.60. The summed E-state index contributed by atoms with van der Waals surface area (Å²) in [6.07, 6.45) is 2.77. The van der Waals surface area contributed by atoms with E-state index in [1.807, 2.05) is 6.07 Å². The largest absolute Gasteiger partial charge is 0.393 e. The lowest BCUT2D eigenvalue weighted by Crippen LogP contribution is -2.33. The van der Waals surface area contributed by atoms with Gasteiger partial charge in [-0.1, -0.05) is 20.8 Å². The van der Waals surface area contributed by atoms with Crippen molar-refractivity contribution in [3.8, 4) is 0 Å². The number of anilines is 2. The van der Waals surface area contributed by atoms with Gasteiger partial charge < -0.3 is 15.7 Å². The molecule has 0 radical (unpaired) electrons. The minimum absolute atomic E-state index is 0.0970. The number of hydrogen-bond acceptors (Lipinski definition) is 5. The molecule has 1 fully saturated rings. The van der Waals surface area contributed by atoms with Gasteiger partial charge in [0.15, 0.2) is 0 Å². The van der Waals surface area contributed by atoms with Gasteiger partial charge in [0.05, 0.1) is 6.10 Å². The summed E-state index contributed by atoms with van der Waals surface area (Å²) >= 11 is 0. The Kier molecular flexibility index (Phi) is 5.17. The van der Waals surface area contributed by atoms with Crippen molar-refractivity contribution >= 4 is 11.6 Å². The van der Waals surface area contributed by atoms with Crippen LogP contribution in [0.3, 0.4) is 0 Å². The third kappa shape index (κ3) is 4.07. The van der Waals surface area contributed by atoms with Gasteiger partial charge in [0.1, 0.15) is 17.5 Å². The molecule has 1 saturated carbocycles. The van der Waals surface area contributed by atoms with E-state index in [9.17, 15) is 5.11 Å². The van der Waals surface area contributed by atoms with Crippen molar-refractivity contribution in [2.24, 2.45) is 5.92 Å². The smallest absolute Gasteiger partial charge is 0.135 e. The summed E-state index contributed by atoms with van der Waals surface area (Å²) < 4.78 is 0. The Hall–Kier alpha value is -1.36. The van der Waals surface area contributed by atoms with E-state index >= 15 is 0 Å². The summed E-state index contributed by atoms with van der Waals surface area (Å²) in [7, 11) is 0. The van der Waals surface area contributed by atoms with Crippen LogP contribution in [0, 0.1) is 5.92 Å². The van der Waals surface area contributed by atoms with Crippen molar-refractivity contribution in [2.75, 3.05) is 23.7 Å². The minimum Gasteiger partial charge on any atom is -0.393 e. The van der Waals surface area contributed by atoms with Gasteiger partial charge in [-0.25, -0.2) is 9.97 Å². The Morgan fingerprint density at radius 3 is 2.45 bits per heavy atom. The molecule has 1 aromatic rings. The number of nitrogens with one attached hydrogen (secondary N) is 2. The molecule has 3 N–H and O–H groups in total. The molecule has 0 unspecified atom stereocenters. The quantitative estimate of drug-likeness (QED) is 0.715. The molecule has 0 amide bonds. The van der Waals surface area contributed by atoms with Crippen LogP contribution < -0.4 is 10.6 Å². The molecule has 5 nitrogen and oxygen atoms in total. The van der Waals surface area contributed by atoms with Crippen LogP contribution in [0.2, 0.25) is 0 Å². The first-order valence-electron chi connectivity index (χ1n) is 7.63. The fraction of sp³-hybridized carbons (Fsp3) is 0.733. The van der Waals surface area contributed by atoms with Gasteiger partial charge in [-0.15, -0.1) is 0 Å². The molecule has 1 aliphatic carbocycles. The maximum absolute atomic E-state index is 9.31. The molecule has 2 rings (SSSR count). The molecule has 0 aliphatic heterocycles. The highest BCUT2D eigenvalue weighted by atomic mass is 16.3. The van der Waals surface area contributed by atoms with Crippen LogP contribution in [0.15, 0.2) is 6.07 Å². The fourth-order valence-electron chi connectivity index (χ4n) is 2.27. The summed E-state index contributed by atoms with van der Waals surface area (Å²) in [5, 5.41) is 16.0. The molecule has 1 heterocycles. The van der Waals surface area contributed by atoms with Crippen LogP contribution in [-0.4, -0.2) is 34.3 Å². The van der Waals surface area contributed by atoms with Gasteiger partial charge in [-0.3, -0.25) is 0 Å². The van der Waals surface area contributed by atoms with Crippen LogP contribution >= 0.6 is 0 Å². The van der Waals surface area contributed by atoms with E-state index in [1.54, 1.807) is 0 Å². The Morgan fingerprint density at radius 1 is 1.25 bits per heavy atom. The van der Waals surface area contributed by atoms with Crippen LogP contribution in [0.4, 0.5) is 11.6 Å². The van der Waals surface area contributed by atoms with E-state index in [1.165, 1.54) is 0 Å². The van der Waals surface area contributed by atoms with Crippen molar-refractivity contribution in [3.63, 3.8) is 0 Å². The second-order valence-electron chi connectivity index (χ2n) is 5.95.